The van der Waals surface area contributed by atoms with Gasteiger partial charge in [-0.25, -0.2) is 15.3 Å². The summed E-state index contributed by atoms with van der Waals surface area (Å²) in [5.41, 5.74) is 4.61. The molecule has 0 unspecified atom stereocenters. The Hall–Kier alpha value is -2.01. The lowest BCUT2D eigenvalue weighted by molar-refractivity contribution is -0.308. The Kier molecular flexibility index (Phi) is 9.35. The lowest BCUT2D eigenvalue weighted by Gasteiger charge is -2.09. The van der Waals surface area contributed by atoms with Crippen LogP contribution in [0.3, 0.4) is 0 Å². The Morgan fingerprint density at radius 3 is 2.50 bits per heavy atom. The van der Waals surface area contributed by atoms with Gasteiger partial charge in [0.15, 0.2) is 0 Å². The zero-order valence-electron chi connectivity index (χ0n) is 15.9. The summed E-state index contributed by atoms with van der Waals surface area (Å²) in [6.45, 7) is 3.62. The summed E-state index contributed by atoms with van der Waals surface area (Å²) in [5.74, 6) is 0. The highest BCUT2D eigenvalue weighted by atomic mass is 32.2. The third-order valence-electron chi connectivity index (χ3n) is 3.53. The lowest BCUT2D eigenvalue weighted by Crippen LogP contribution is -2.12. The molecular formula is C19H25NO7S. The molecule has 0 amide bonds. The van der Waals surface area contributed by atoms with Crippen molar-refractivity contribution in [1.29, 1.82) is 0 Å². The fourth-order valence-corrected chi connectivity index (χ4v) is 3.00. The fraction of sp³-hybridized carbons (Fsp3) is 0.368. The van der Waals surface area contributed by atoms with Crippen LogP contribution in [0.1, 0.15) is 11.1 Å². The topological polar surface area (TPSA) is 92.3 Å². The minimum absolute atomic E-state index is 0.0108. The molecule has 28 heavy (non-hydrogen) atoms. The van der Waals surface area contributed by atoms with Crippen molar-refractivity contribution < 1.29 is 32.0 Å². The molecule has 0 aliphatic carbocycles. The summed E-state index contributed by atoms with van der Waals surface area (Å²) < 4.78 is 39.7. The molecule has 2 aromatic rings. The van der Waals surface area contributed by atoms with E-state index in [1.165, 1.54) is 12.1 Å². The number of hydrogen-bond acceptors (Lipinski definition) is 8. The second-order valence-electron chi connectivity index (χ2n) is 5.85. The molecule has 0 fully saturated rings. The minimum atomic E-state index is -3.98. The van der Waals surface area contributed by atoms with Crippen LogP contribution in [0.2, 0.25) is 0 Å². The van der Waals surface area contributed by atoms with Crippen molar-refractivity contribution in [3.63, 3.8) is 0 Å². The summed E-state index contributed by atoms with van der Waals surface area (Å²) in [4.78, 5) is 10.1. The van der Waals surface area contributed by atoms with Crippen LogP contribution in [-0.4, -0.2) is 42.0 Å². The average Bonchev–Trinajstić information content (AvgIpc) is 2.69. The van der Waals surface area contributed by atoms with Crippen molar-refractivity contribution in [2.24, 2.45) is 0 Å². The molecule has 0 aliphatic heterocycles. The van der Waals surface area contributed by atoms with Crippen LogP contribution in [0, 0.1) is 6.92 Å². The number of methoxy groups -OCH3 is 1. The average molecular weight is 411 g/mol. The molecule has 0 bridgehead atoms. The molecule has 1 N–H and O–H groups in total. The molecule has 0 heterocycles. The van der Waals surface area contributed by atoms with Crippen molar-refractivity contribution in [1.82, 2.24) is 0 Å². The number of anilines is 1. The first kappa shape index (κ1) is 22.3. The van der Waals surface area contributed by atoms with Gasteiger partial charge in [-0.05, 0) is 42.3 Å². The molecule has 0 atom stereocenters. The second kappa shape index (κ2) is 11.7. The molecule has 0 radical (unpaired) electrons. The highest BCUT2D eigenvalue weighted by Gasteiger charge is 2.16. The molecule has 154 valence electrons. The normalized spacial score (nSPS) is 11.5. The van der Waals surface area contributed by atoms with E-state index in [0.717, 1.165) is 5.56 Å². The van der Waals surface area contributed by atoms with E-state index < -0.39 is 10.1 Å². The van der Waals surface area contributed by atoms with Gasteiger partial charge in [0.05, 0.1) is 30.4 Å². The number of aryl methyl sites for hydroxylation is 1. The Morgan fingerprint density at radius 2 is 1.71 bits per heavy atom. The van der Waals surface area contributed by atoms with Gasteiger partial charge in [-0.1, -0.05) is 24.3 Å². The number of hydrogen-bond donors (Lipinski definition) is 1. The summed E-state index contributed by atoms with van der Waals surface area (Å²) in [6.07, 6.45) is 0. The van der Waals surface area contributed by atoms with Crippen molar-refractivity contribution in [3.8, 4) is 0 Å². The van der Waals surface area contributed by atoms with Gasteiger partial charge in [-0.2, -0.15) is 8.42 Å². The van der Waals surface area contributed by atoms with E-state index in [2.05, 4.69) is 5.48 Å². The maximum atomic E-state index is 12.4. The van der Waals surface area contributed by atoms with Gasteiger partial charge in [0, 0.05) is 7.11 Å². The largest absolute Gasteiger partial charge is 0.382 e. The molecular weight excluding hydrogens is 386 g/mol. The molecule has 9 heteroatoms. The van der Waals surface area contributed by atoms with E-state index in [4.69, 9.17) is 23.5 Å². The van der Waals surface area contributed by atoms with E-state index in [-0.39, 0.29) is 18.1 Å². The Labute approximate surface area is 165 Å². The fourth-order valence-electron chi connectivity index (χ4n) is 2.16. The first-order valence-electron chi connectivity index (χ1n) is 8.67. The predicted molar refractivity (Wildman–Crippen MR) is 103 cm³/mol. The smallest absolute Gasteiger partial charge is 0.317 e. The van der Waals surface area contributed by atoms with Crippen LogP contribution in [0.15, 0.2) is 53.4 Å². The van der Waals surface area contributed by atoms with E-state index >= 15 is 0 Å². The van der Waals surface area contributed by atoms with Crippen molar-refractivity contribution in [2.75, 3.05) is 39.0 Å². The van der Waals surface area contributed by atoms with Crippen LogP contribution in [0.25, 0.3) is 0 Å². The van der Waals surface area contributed by atoms with Crippen LogP contribution in [0.4, 0.5) is 5.69 Å². The predicted octanol–water partition coefficient (Wildman–Crippen LogP) is 2.84. The zero-order chi connectivity index (χ0) is 20.2. The number of ether oxygens (including phenoxy) is 2. The summed E-state index contributed by atoms with van der Waals surface area (Å²) in [7, 11) is -2.38. The Balaban J connectivity index is 1.80. The molecule has 0 saturated carbocycles. The number of nitrogens with one attached hydrogen (secondary N) is 1. The summed E-state index contributed by atoms with van der Waals surface area (Å²) in [5, 5.41) is 0. The van der Waals surface area contributed by atoms with Crippen LogP contribution in [-0.2, 0) is 40.3 Å². The molecule has 0 spiro atoms. The van der Waals surface area contributed by atoms with Crippen LogP contribution < -0.4 is 5.48 Å². The van der Waals surface area contributed by atoms with Gasteiger partial charge in [-0.15, -0.1) is 4.28 Å². The molecule has 8 nitrogen and oxygen atoms in total. The third kappa shape index (κ3) is 7.93. The first-order valence-corrected chi connectivity index (χ1v) is 10.1. The first-order chi connectivity index (χ1) is 13.5. The number of benzene rings is 2. The molecule has 2 aromatic carbocycles. The van der Waals surface area contributed by atoms with Gasteiger partial charge in [0.2, 0.25) is 0 Å². The quantitative estimate of drug-likeness (QED) is 0.306. The van der Waals surface area contributed by atoms with Gasteiger partial charge < -0.3 is 9.47 Å². The van der Waals surface area contributed by atoms with Crippen LogP contribution >= 0.6 is 0 Å². The SMILES string of the molecule is COCCOCCOOCc1cccc(S(=O)(=O)ONc2cccc(C)c2)c1. The molecule has 0 aromatic heterocycles. The monoisotopic (exact) mass is 411 g/mol. The number of rotatable bonds is 13. The van der Waals surface area contributed by atoms with Crippen molar-refractivity contribution >= 4 is 15.8 Å². The van der Waals surface area contributed by atoms with E-state index in [1.807, 2.05) is 13.0 Å². The maximum absolute atomic E-state index is 12.4. The highest BCUT2D eigenvalue weighted by molar-refractivity contribution is 7.86. The molecule has 0 saturated heterocycles. The van der Waals surface area contributed by atoms with Crippen LogP contribution in [0.5, 0.6) is 0 Å². The van der Waals surface area contributed by atoms with E-state index in [9.17, 15) is 8.42 Å². The van der Waals surface area contributed by atoms with Gasteiger partial charge in [-0.3, -0.25) is 0 Å². The van der Waals surface area contributed by atoms with Crippen molar-refractivity contribution in [2.45, 2.75) is 18.4 Å². The van der Waals surface area contributed by atoms with E-state index in [1.54, 1.807) is 37.4 Å². The van der Waals surface area contributed by atoms with Gasteiger partial charge >= 0.3 is 10.1 Å². The minimum Gasteiger partial charge on any atom is -0.382 e. The van der Waals surface area contributed by atoms with Crippen molar-refractivity contribution in [3.05, 3.63) is 59.7 Å². The standard InChI is InChI=1S/C19H25NO7S/c1-16-5-3-7-18(13-16)20-27-28(21,22)19-8-4-6-17(14-19)15-26-25-12-11-24-10-9-23-2/h3-8,13-14,20H,9-12,15H2,1-2H3. The Morgan fingerprint density at radius 1 is 0.929 bits per heavy atom. The summed E-state index contributed by atoms with van der Waals surface area (Å²) >= 11 is 0. The van der Waals surface area contributed by atoms with Gasteiger partial charge in [0.1, 0.15) is 13.2 Å². The maximum Gasteiger partial charge on any atom is 0.317 e. The summed E-state index contributed by atoms with van der Waals surface area (Å²) in [6, 6.07) is 13.4. The Bertz CT molecular complexity index is 827. The van der Waals surface area contributed by atoms with E-state index in [0.29, 0.717) is 31.1 Å². The third-order valence-corrected chi connectivity index (χ3v) is 4.66. The second-order valence-corrected chi connectivity index (χ2v) is 7.39. The lowest BCUT2D eigenvalue weighted by atomic mass is 10.2. The molecule has 0 aliphatic rings. The molecule has 2 rings (SSSR count). The van der Waals surface area contributed by atoms with Gasteiger partial charge in [0.25, 0.3) is 0 Å². The zero-order valence-corrected chi connectivity index (χ0v) is 16.7. The highest BCUT2D eigenvalue weighted by Crippen LogP contribution is 2.17.